The van der Waals surface area contributed by atoms with Crippen LogP contribution in [0.15, 0.2) is 0 Å². The predicted molar refractivity (Wildman–Crippen MR) is 147 cm³/mol. The minimum Gasteiger partial charge on any atom is -0.396 e. The molecule has 0 fully saturated rings. The molecule has 34 heavy (non-hydrogen) atoms. The molecule has 0 heterocycles. The topological polar surface area (TPSA) is 60.8 Å². The van der Waals surface area contributed by atoms with E-state index in [1.807, 2.05) is 4.90 Å². The Labute approximate surface area is 213 Å². The first-order valence-electron chi connectivity index (χ1n) is 15.3. The van der Waals surface area contributed by atoms with Crippen molar-refractivity contribution < 1.29 is 15.0 Å². The summed E-state index contributed by atoms with van der Waals surface area (Å²) in [7, 11) is 0. The van der Waals surface area contributed by atoms with Gasteiger partial charge in [-0.05, 0) is 19.3 Å². The van der Waals surface area contributed by atoms with Gasteiger partial charge in [0.25, 0.3) is 0 Å². The average molecular weight is 484 g/mol. The summed E-state index contributed by atoms with van der Waals surface area (Å²) in [6.07, 6.45) is 30.7. The van der Waals surface area contributed by atoms with Crippen LogP contribution in [0.2, 0.25) is 0 Å². The molecule has 4 heteroatoms. The van der Waals surface area contributed by atoms with Gasteiger partial charge in [0, 0.05) is 32.7 Å². The lowest BCUT2D eigenvalue weighted by atomic mass is 10.0. The van der Waals surface area contributed by atoms with Crippen LogP contribution in [0.5, 0.6) is 0 Å². The molecule has 0 bridgehead atoms. The maximum atomic E-state index is 12.3. The molecule has 0 saturated heterocycles. The highest BCUT2D eigenvalue weighted by Crippen LogP contribution is 2.15. The van der Waals surface area contributed by atoms with E-state index < -0.39 is 0 Å². The van der Waals surface area contributed by atoms with E-state index in [0.29, 0.717) is 32.4 Å². The third-order valence-electron chi connectivity index (χ3n) is 7.02. The molecule has 0 aliphatic heterocycles. The second-order valence-electron chi connectivity index (χ2n) is 10.4. The van der Waals surface area contributed by atoms with E-state index in [2.05, 4.69) is 6.92 Å². The molecule has 0 radical (unpaired) electrons. The average Bonchev–Trinajstić information content (AvgIpc) is 2.85. The lowest BCUT2D eigenvalue weighted by molar-refractivity contribution is -0.131. The molecule has 1 amide bonds. The normalized spacial score (nSPS) is 11.3. The van der Waals surface area contributed by atoms with Gasteiger partial charge in [0.2, 0.25) is 5.91 Å². The number of aliphatic hydroxyl groups is 2. The van der Waals surface area contributed by atoms with Crippen LogP contribution in [-0.4, -0.2) is 47.3 Å². The Bertz CT molecular complexity index is 395. The van der Waals surface area contributed by atoms with E-state index in [1.165, 1.54) is 122 Å². The maximum absolute atomic E-state index is 12.3. The third-order valence-corrected chi connectivity index (χ3v) is 7.02. The molecular formula is C30H61NO3. The van der Waals surface area contributed by atoms with Crippen LogP contribution in [0, 0.1) is 0 Å². The highest BCUT2D eigenvalue weighted by atomic mass is 16.3. The van der Waals surface area contributed by atoms with Crippen molar-refractivity contribution >= 4 is 5.91 Å². The Hall–Kier alpha value is -0.610. The quantitative estimate of drug-likeness (QED) is 0.110. The number of amides is 1. The lowest BCUT2D eigenvalue weighted by Crippen LogP contribution is -2.33. The smallest absolute Gasteiger partial charge is 0.222 e. The molecule has 0 aliphatic carbocycles. The number of hydrogen-bond acceptors (Lipinski definition) is 3. The van der Waals surface area contributed by atoms with Gasteiger partial charge in [0.05, 0.1) is 0 Å². The Morgan fingerprint density at radius 3 is 1.06 bits per heavy atom. The summed E-state index contributed by atoms with van der Waals surface area (Å²) >= 11 is 0. The molecule has 0 unspecified atom stereocenters. The van der Waals surface area contributed by atoms with Crippen LogP contribution in [0.1, 0.15) is 161 Å². The highest BCUT2D eigenvalue weighted by molar-refractivity contribution is 5.76. The maximum Gasteiger partial charge on any atom is 0.222 e. The van der Waals surface area contributed by atoms with Gasteiger partial charge >= 0.3 is 0 Å². The standard InChI is InChI=1S/C30H61NO3/c1-2-3-4-5-6-7-8-9-10-11-12-13-14-15-16-17-18-19-20-21-22-25-30(34)31(26-23-28-32)27-24-29-33/h32-33H,2-29H2,1H3. The largest absolute Gasteiger partial charge is 0.396 e. The van der Waals surface area contributed by atoms with E-state index >= 15 is 0 Å². The molecule has 2 N–H and O–H groups in total. The van der Waals surface area contributed by atoms with Crippen LogP contribution in [0.3, 0.4) is 0 Å². The van der Waals surface area contributed by atoms with Gasteiger partial charge in [-0.2, -0.15) is 0 Å². The van der Waals surface area contributed by atoms with E-state index in [9.17, 15) is 4.79 Å². The van der Waals surface area contributed by atoms with Gasteiger partial charge in [-0.25, -0.2) is 0 Å². The molecular weight excluding hydrogens is 422 g/mol. The monoisotopic (exact) mass is 483 g/mol. The summed E-state index contributed by atoms with van der Waals surface area (Å²) in [4.78, 5) is 14.1. The second kappa shape index (κ2) is 28.6. The van der Waals surface area contributed by atoms with Crippen LogP contribution in [0.25, 0.3) is 0 Å². The minimum atomic E-state index is 0.113. The second-order valence-corrected chi connectivity index (χ2v) is 10.4. The summed E-state index contributed by atoms with van der Waals surface area (Å²) in [5, 5.41) is 18.0. The van der Waals surface area contributed by atoms with Crippen LogP contribution in [0.4, 0.5) is 0 Å². The number of aliphatic hydroxyl groups excluding tert-OH is 2. The number of nitrogens with zero attached hydrogens (tertiary/aromatic N) is 1. The van der Waals surface area contributed by atoms with Crippen molar-refractivity contribution in [1.82, 2.24) is 4.90 Å². The predicted octanol–water partition coefficient (Wildman–Crippen LogP) is 8.18. The van der Waals surface area contributed by atoms with Gasteiger partial charge in [0.15, 0.2) is 0 Å². The van der Waals surface area contributed by atoms with Crippen molar-refractivity contribution in [1.29, 1.82) is 0 Å². The van der Waals surface area contributed by atoms with Crippen molar-refractivity contribution in [3.05, 3.63) is 0 Å². The lowest BCUT2D eigenvalue weighted by Gasteiger charge is -2.22. The van der Waals surface area contributed by atoms with Crippen molar-refractivity contribution in [2.24, 2.45) is 0 Å². The molecule has 0 spiro atoms. The Morgan fingerprint density at radius 2 is 0.765 bits per heavy atom. The summed E-state index contributed by atoms with van der Waals surface area (Å²) in [6.45, 7) is 3.73. The van der Waals surface area contributed by atoms with Gasteiger partial charge in [0.1, 0.15) is 0 Å². The van der Waals surface area contributed by atoms with Gasteiger partial charge in [-0.3, -0.25) is 4.79 Å². The first-order valence-corrected chi connectivity index (χ1v) is 15.3. The van der Waals surface area contributed by atoms with Crippen molar-refractivity contribution in [2.75, 3.05) is 26.3 Å². The number of hydrogen-bond donors (Lipinski definition) is 2. The van der Waals surface area contributed by atoms with E-state index in [4.69, 9.17) is 10.2 Å². The first kappa shape index (κ1) is 33.4. The number of carbonyl (C=O) groups is 1. The fraction of sp³-hybridized carbons (Fsp3) is 0.967. The zero-order chi connectivity index (χ0) is 25.0. The molecule has 0 aromatic carbocycles. The third kappa shape index (κ3) is 24.5. The first-order chi connectivity index (χ1) is 16.8. The molecule has 0 atom stereocenters. The van der Waals surface area contributed by atoms with E-state index in [1.54, 1.807) is 0 Å². The molecule has 0 rings (SSSR count). The number of unbranched alkanes of at least 4 members (excludes halogenated alkanes) is 20. The van der Waals surface area contributed by atoms with E-state index in [-0.39, 0.29) is 19.1 Å². The van der Waals surface area contributed by atoms with Crippen molar-refractivity contribution in [3.63, 3.8) is 0 Å². The molecule has 0 aromatic heterocycles. The SMILES string of the molecule is CCCCCCCCCCCCCCCCCCCCCCCC(=O)N(CCCO)CCCO. The Kier molecular flexibility index (Phi) is 28.1. The highest BCUT2D eigenvalue weighted by Gasteiger charge is 2.12. The molecule has 0 saturated carbocycles. The molecule has 4 nitrogen and oxygen atoms in total. The van der Waals surface area contributed by atoms with Crippen molar-refractivity contribution in [3.8, 4) is 0 Å². The summed E-state index contributed by atoms with van der Waals surface area (Å²) in [6, 6.07) is 0. The van der Waals surface area contributed by atoms with Crippen LogP contribution >= 0.6 is 0 Å². The van der Waals surface area contributed by atoms with Crippen LogP contribution in [-0.2, 0) is 4.79 Å². The molecule has 0 aromatic rings. The zero-order valence-corrected chi connectivity index (χ0v) is 23.0. The number of carbonyl (C=O) groups excluding carboxylic acids is 1. The Balaban J connectivity index is 3.30. The van der Waals surface area contributed by atoms with Gasteiger partial charge in [-0.15, -0.1) is 0 Å². The van der Waals surface area contributed by atoms with Crippen molar-refractivity contribution in [2.45, 2.75) is 161 Å². The van der Waals surface area contributed by atoms with Gasteiger partial charge in [-0.1, -0.05) is 135 Å². The van der Waals surface area contributed by atoms with Gasteiger partial charge < -0.3 is 15.1 Å². The van der Waals surface area contributed by atoms with E-state index in [0.717, 1.165) is 12.8 Å². The fourth-order valence-corrected chi connectivity index (χ4v) is 4.75. The number of rotatable bonds is 28. The Morgan fingerprint density at radius 1 is 0.471 bits per heavy atom. The molecule has 204 valence electrons. The molecule has 0 aliphatic rings. The zero-order valence-electron chi connectivity index (χ0n) is 23.0. The summed E-state index contributed by atoms with van der Waals surface area (Å²) < 4.78 is 0. The minimum absolute atomic E-state index is 0.113. The summed E-state index contributed by atoms with van der Waals surface area (Å²) in [5.41, 5.74) is 0. The fourth-order valence-electron chi connectivity index (χ4n) is 4.75. The van der Waals surface area contributed by atoms with Crippen LogP contribution < -0.4 is 0 Å². The summed E-state index contributed by atoms with van der Waals surface area (Å²) in [5.74, 6) is 0.180.